The minimum atomic E-state index is 0.659. The van der Waals surface area contributed by atoms with Gasteiger partial charge in [-0.25, -0.2) is 4.98 Å². The van der Waals surface area contributed by atoms with Crippen molar-refractivity contribution in [2.75, 3.05) is 11.9 Å². The van der Waals surface area contributed by atoms with E-state index >= 15 is 0 Å². The van der Waals surface area contributed by atoms with Crippen LogP contribution >= 0.6 is 0 Å². The number of nitrogens with zero attached hydrogens (tertiary/aromatic N) is 3. The van der Waals surface area contributed by atoms with Crippen LogP contribution in [0.1, 0.15) is 24.6 Å². The van der Waals surface area contributed by atoms with Gasteiger partial charge < -0.3 is 9.88 Å². The van der Waals surface area contributed by atoms with Crippen molar-refractivity contribution in [2.45, 2.75) is 26.3 Å². The summed E-state index contributed by atoms with van der Waals surface area (Å²) in [5.74, 6) is 0.817. The molecule has 3 rings (SSSR count). The summed E-state index contributed by atoms with van der Waals surface area (Å²) in [7, 11) is 0. The van der Waals surface area contributed by atoms with Crippen LogP contribution in [0.3, 0.4) is 0 Å². The van der Waals surface area contributed by atoms with Crippen LogP contribution in [-0.4, -0.2) is 16.1 Å². The number of benzene rings is 1. The Bertz CT molecular complexity index is 631. The molecule has 0 saturated heterocycles. The molecule has 0 saturated carbocycles. The number of rotatable bonds is 2. The fraction of sp³-hybridized carbons (Fsp3) is 0.333. The van der Waals surface area contributed by atoms with Crippen LogP contribution in [0.15, 0.2) is 24.3 Å². The molecule has 0 bridgehead atoms. The molecule has 2 heterocycles. The van der Waals surface area contributed by atoms with Gasteiger partial charge in [-0.1, -0.05) is 31.2 Å². The number of nitrogens with one attached hydrogen (secondary N) is 1. The van der Waals surface area contributed by atoms with Crippen molar-refractivity contribution in [3.05, 3.63) is 35.5 Å². The Kier molecular flexibility index (Phi) is 2.96. The molecule has 0 radical (unpaired) electrons. The van der Waals surface area contributed by atoms with Crippen molar-refractivity contribution in [1.82, 2.24) is 9.55 Å². The Morgan fingerprint density at radius 1 is 1.37 bits per heavy atom. The van der Waals surface area contributed by atoms with Gasteiger partial charge in [0.2, 0.25) is 5.95 Å². The lowest BCUT2D eigenvalue weighted by Gasteiger charge is -2.15. The Hall–Kier alpha value is -2.28. The quantitative estimate of drug-likeness (QED) is 0.894. The highest BCUT2D eigenvalue weighted by Gasteiger charge is 2.20. The number of imidazole rings is 1. The molecule has 0 aliphatic carbocycles. The highest BCUT2D eigenvalue weighted by atomic mass is 15.2. The van der Waals surface area contributed by atoms with E-state index in [9.17, 15) is 5.26 Å². The van der Waals surface area contributed by atoms with Crippen molar-refractivity contribution in [2.24, 2.45) is 0 Å². The molecule has 0 amide bonds. The van der Waals surface area contributed by atoms with E-state index in [4.69, 9.17) is 0 Å². The van der Waals surface area contributed by atoms with Gasteiger partial charge in [-0.05, 0) is 18.4 Å². The summed E-state index contributed by atoms with van der Waals surface area (Å²) in [5, 5.41) is 12.6. The molecular weight excluding hydrogens is 236 g/mol. The number of fused-ring (bicyclic) bond motifs is 1. The second kappa shape index (κ2) is 4.77. The van der Waals surface area contributed by atoms with Crippen molar-refractivity contribution in [3.63, 3.8) is 0 Å². The smallest absolute Gasteiger partial charge is 0.204 e. The number of aryl methyl sites for hydroxylation is 1. The molecule has 0 spiro atoms. The standard InChI is InChI=1S/C15H16N4/c1-2-11-4-6-12(7-5-11)14-13(10-16)19-9-3-8-17-15(19)18-14/h4-7H,2-3,8-9H2,1H3,(H,17,18). The Morgan fingerprint density at radius 3 is 2.84 bits per heavy atom. The predicted molar refractivity (Wildman–Crippen MR) is 74.9 cm³/mol. The first-order chi connectivity index (χ1) is 9.33. The van der Waals surface area contributed by atoms with Crippen LogP contribution in [0.5, 0.6) is 0 Å². The van der Waals surface area contributed by atoms with Crippen LogP contribution in [0, 0.1) is 11.3 Å². The third-order valence-electron chi connectivity index (χ3n) is 3.55. The third-order valence-corrected chi connectivity index (χ3v) is 3.55. The minimum absolute atomic E-state index is 0.659. The maximum Gasteiger partial charge on any atom is 0.204 e. The lowest BCUT2D eigenvalue weighted by Crippen LogP contribution is -2.18. The lowest BCUT2D eigenvalue weighted by molar-refractivity contribution is 0.622. The van der Waals surface area contributed by atoms with Gasteiger partial charge in [0.1, 0.15) is 17.5 Å². The molecule has 1 aliphatic heterocycles. The maximum atomic E-state index is 9.39. The fourth-order valence-electron chi connectivity index (χ4n) is 2.46. The molecule has 4 nitrogen and oxygen atoms in total. The van der Waals surface area contributed by atoms with Crippen molar-refractivity contribution in [3.8, 4) is 17.3 Å². The van der Waals surface area contributed by atoms with E-state index < -0.39 is 0 Å². The van der Waals surface area contributed by atoms with Gasteiger partial charge in [-0.15, -0.1) is 0 Å². The molecule has 19 heavy (non-hydrogen) atoms. The van der Waals surface area contributed by atoms with E-state index in [1.807, 2.05) is 16.7 Å². The summed E-state index contributed by atoms with van der Waals surface area (Å²) >= 11 is 0. The number of hydrogen-bond acceptors (Lipinski definition) is 3. The number of aromatic nitrogens is 2. The number of anilines is 1. The van der Waals surface area contributed by atoms with Crippen LogP contribution in [-0.2, 0) is 13.0 Å². The monoisotopic (exact) mass is 252 g/mol. The average molecular weight is 252 g/mol. The summed E-state index contributed by atoms with van der Waals surface area (Å²) in [5.41, 5.74) is 3.75. The van der Waals surface area contributed by atoms with Gasteiger partial charge in [-0.2, -0.15) is 5.26 Å². The summed E-state index contributed by atoms with van der Waals surface area (Å²) in [6, 6.07) is 10.6. The molecule has 1 aromatic heterocycles. The van der Waals surface area contributed by atoms with Gasteiger partial charge in [-0.3, -0.25) is 0 Å². The van der Waals surface area contributed by atoms with E-state index in [1.54, 1.807) is 0 Å². The van der Waals surface area contributed by atoms with Gasteiger partial charge in [0.25, 0.3) is 0 Å². The average Bonchev–Trinajstić information content (AvgIpc) is 2.85. The van der Waals surface area contributed by atoms with Crippen LogP contribution in [0.4, 0.5) is 5.95 Å². The fourth-order valence-corrected chi connectivity index (χ4v) is 2.46. The van der Waals surface area contributed by atoms with E-state index in [2.05, 4.69) is 35.4 Å². The molecule has 1 aliphatic rings. The molecule has 96 valence electrons. The van der Waals surface area contributed by atoms with E-state index in [1.165, 1.54) is 5.56 Å². The zero-order valence-electron chi connectivity index (χ0n) is 11.0. The largest absolute Gasteiger partial charge is 0.356 e. The Balaban J connectivity index is 2.09. The molecule has 1 N–H and O–H groups in total. The number of nitriles is 1. The normalized spacial score (nSPS) is 13.5. The second-order valence-corrected chi connectivity index (χ2v) is 4.73. The molecule has 0 unspecified atom stereocenters. The lowest BCUT2D eigenvalue weighted by atomic mass is 10.1. The van der Waals surface area contributed by atoms with Crippen LogP contribution in [0.2, 0.25) is 0 Å². The van der Waals surface area contributed by atoms with Crippen molar-refractivity contribution in [1.29, 1.82) is 5.26 Å². The van der Waals surface area contributed by atoms with E-state index in [0.717, 1.165) is 43.1 Å². The van der Waals surface area contributed by atoms with Gasteiger partial charge >= 0.3 is 0 Å². The summed E-state index contributed by atoms with van der Waals surface area (Å²) in [6.45, 7) is 3.93. The zero-order chi connectivity index (χ0) is 13.2. The zero-order valence-corrected chi connectivity index (χ0v) is 11.0. The van der Waals surface area contributed by atoms with Gasteiger partial charge in [0.05, 0.1) is 0 Å². The molecule has 4 heteroatoms. The van der Waals surface area contributed by atoms with Crippen LogP contribution in [0.25, 0.3) is 11.3 Å². The highest BCUT2D eigenvalue weighted by molar-refractivity contribution is 5.68. The first kappa shape index (κ1) is 11.8. The first-order valence-electron chi connectivity index (χ1n) is 6.67. The first-order valence-corrected chi connectivity index (χ1v) is 6.67. The van der Waals surface area contributed by atoms with Gasteiger partial charge in [0.15, 0.2) is 0 Å². The SMILES string of the molecule is CCc1ccc(-c2nc3n(c2C#N)CCCN3)cc1. The van der Waals surface area contributed by atoms with Crippen molar-refractivity contribution >= 4 is 5.95 Å². The highest BCUT2D eigenvalue weighted by Crippen LogP contribution is 2.28. The third kappa shape index (κ3) is 1.97. The van der Waals surface area contributed by atoms with Crippen LogP contribution < -0.4 is 5.32 Å². The predicted octanol–water partition coefficient (Wildman–Crippen LogP) is 2.80. The van der Waals surface area contributed by atoms with E-state index in [-0.39, 0.29) is 0 Å². The molecule has 0 atom stereocenters. The molecule has 0 fully saturated rings. The van der Waals surface area contributed by atoms with E-state index in [0.29, 0.717) is 5.69 Å². The van der Waals surface area contributed by atoms with Crippen molar-refractivity contribution < 1.29 is 0 Å². The topological polar surface area (TPSA) is 53.6 Å². The summed E-state index contributed by atoms with van der Waals surface area (Å²) in [4.78, 5) is 4.58. The summed E-state index contributed by atoms with van der Waals surface area (Å²) < 4.78 is 1.98. The van der Waals surface area contributed by atoms with Gasteiger partial charge in [0, 0.05) is 18.7 Å². The second-order valence-electron chi connectivity index (χ2n) is 4.73. The Labute approximate surface area is 112 Å². The summed E-state index contributed by atoms with van der Waals surface area (Å²) in [6.07, 6.45) is 2.05. The Morgan fingerprint density at radius 2 is 2.16 bits per heavy atom. The molecule has 2 aromatic rings. The maximum absolute atomic E-state index is 9.39. The minimum Gasteiger partial charge on any atom is -0.356 e. The molecule has 1 aromatic carbocycles. The molecular formula is C15H16N4. The number of hydrogen-bond donors (Lipinski definition) is 1.